The average Bonchev–Trinajstić information content (AvgIpc) is 2.43. The van der Waals surface area contributed by atoms with Crippen LogP contribution in [0.2, 0.25) is 0 Å². The lowest BCUT2D eigenvalue weighted by atomic mass is 10.00. The molecule has 0 aliphatic heterocycles. The zero-order valence-corrected chi connectivity index (χ0v) is 12.6. The highest BCUT2D eigenvalue weighted by Gasteiger charge is 2.23. The summed E-state index contributed by atoms with van der Waals surface area (Å²) in [6.45, 7) is 6.76. The first kappa shape index (κ1) is 16.4. The van der Waals surface area contributed by atoms with Crippen LogP contribution in [0, 0.1) is 12.8 Å². The predicted molar refractivity (Wildman–Crippen MR) is 78.8 cm³/mol. The van der Waals surface area contributed by atoms with E-state index in [1.807, 2.05) is 19.1 Å². The summed E-state index contributed by atoms with van der Waals surface area (Å²) in [6.07, 6.45) is 0.0515. The van der Waals surface area contributed by atoms with E-state index in [-0.39, 0.29) is 18.2 Å². The van der Waals surface area contributed by atoms with E-state index < -0.39 is 6.04 Å². The van der Waals surface area contributed by atoms with Gasteiger partial charge in [-0.25, -0.2) is 0 Å². The van der Waals surface area contributed by atoms with E-state index in [0.717, 1.165) is 5.56 Å². The number of aryl methyl sites for hydroxylation is 1. The van der Waals surface area contributed by atoms with Gasteiger partial charge in [-0.3, -0.25) is 9.59 Å². The summed E-state index contributed by atoms with van der Waals surface area (Å²) in [5.41, 5.74) is 1.71. The maximum Gasteiger partial charge on any atom is 0.307 e. The number of benzene rings is 1. The van der Waals surface area contributed by atoms with Crippen LogP contribution < -0.4 is 5.32 Å². The number of methoxy groups -OCH3 is 1. The zero-order chi connectivity index (χ0) is 15.1. The number of carbonyl (C=O) groups excluding carboxylic acids is 2. The fraction of sp³-hybridized carbons (Fsp3) is 0.500. The first-order valence-electron chi connectivity index (χ1n) is 6.85. The normalized spacial score (nSPS) is 12.2. The van der Waals surface area contributed by atoms with Crippen molar-refractivity contribution in [2.75, 3.05) is 13.7 Å². The molecule has 0 saturated carbocycles. The molecule has 0 aliphatic rings. The van der Waals surface area contributed by atoms with Gasteiger partial charge in [-0.15, -0.1) is 0 Å². The minimum atomic E-state index is -0.535. The Morgan fingerprint density at radius 3 is 2.30 bits per heavy atom. The number of rotatable bonds is 7. The summed E-state index contributed by atoms with van der Waals surface area (Å²) in [6, 6.07) is 6.83. The minimum absolute atomic E-state index is 0.0515. The Labute approximate surface area is 120 Å². The Morgan fingerprint density at radius 2 is 1.80 bits per heavy atom. The molecule has 1 unspecified atom stereocenters. The number of Topliss-reactive ketones (excluding diaryl/α,β-unsaturated/α-hetero) is 1. The van der Waals surface area contributed by atoms with Crippen LogP contribution in [-0.2, 0) is 9.53 Å². The lowest BCUT2D eigenvalue weighted by Gasteiger charge is -2.18. The smallest absolute Gasteiger partial charge is 0.307 e. The van der Waals surface area contributed by atoms with Crippen LogP contribution >= 0.6 is 0 Å². The van der Waals surface area contributed by atoms with Crippen LogP contribution in [0.25, 0.3) is 0 Å². The number of nitrogens with one attached hydrogen (secondary N) is 1. The van der Waals surface area contributed by atoms with Gasteiger partial charge in [-0.1, -0.05) is 43.7 Å². The average molecular weight is 277 g/mol. The first-order chi connectivity index (χ1) is 9.43. The lowest BCUT2D eigenvalue weighted by Crippen LogP contribution is -2.40. The Hall–Kier alpha value is -1.68. The van der Waals surface area contributed by atoms with Gasteiger partial charge in [-0.05, 0) is 19.4 Å². The third-order valence-corrected chi connectivity index (χ3v) is 3.02. The van der Waals surface area contributed by atoms with Gasteiger partial charge in [0.1, 0.15) is 0 Å². The van der Waals surface area contributed by atoms with E-state index in [1.54, 1.807) is 12.1 Å². The second kappa shape index (κ2) is 7.80. The Kier molecular flexibility index (Phi) is 6.39. The molecule has 0 radical (unpaired) electrons. The minimum Gasteiger partial charge on any atom is -0.469 e. The molecule has 4 nitrogen and oxygen atoms in total. The van der Waals surface area contributed by atoms with Crippen molar-refractivity contribution < 1.29 is 14.3 Å². The van der Waals surface area contributed by atoms with E-state index >= 15 is 0 Å². The molecule has 0 spiro atoms. The van der Waals surface area contributed by atoms with Crippen molar-refractivity contribution in [3.05, 3.63) is 35.4 Å². The highest BCUT2D eigenvalue weighted by Crippen LogP contribution is 2.09. The summed E-state index contributed by atoms with van der Waals surface area (Å²) in [5, 5.41) is 3.15. The van der Waals surface area contributed by atoms with Crippen LogP contribution in [0.1, 0.15) is 36.2 Å². The van der Waals surface area contributed by atoms with Gasteiger partial charge in [0.2, 0.25) is 0 Å². The molecule has 1 atom stereocenters. The molecule has 0 saturated heterocycles. The van der Waals surface area contributed by atoms with Crippen LogP contribution in [0.15, 0.2) is 24.3 Å². The topological polar surface area (TPSA) is 55.4 Å². The number of hydrogen-bond acceptors (Lipinski definition) is 4. The number of hydrogen-bond donors (Lipinski definition) is 1. The highest BCUT2D eigenvalue weighted by atomic mass is 16.5. The van der Waals surface area contributed by atoms with E-state index in [2.05, 4.69) is 23.9 Å². The Morgan fingerprint density at radius 1 is 1.20 bits per heavy atom. The van der Waals surface area contributed by atoms with Gasteiger partial charge in [0.25, 0.3) is 0 Å². The molecule has 0 amide bonds. The maximum absolute atomic E-state index is 12.4. The van der Waals surface area contributed by atoms with Crippen molar-refractivity contribution in [3.63, 3.8) is 0 Å². The molecule has 0 bridgehead atoms. The van der Waals surface area contributed by atoms with Crippen molar-refractivity contribution in [2.24, 2.45) is 5.92 Å². The standard InChI is InChI=1S/C16H23NO3/c1-11(2)10-17-14(9-15(18)20-4)16(19)13-7-5-12(3)6-8-13/h5-8,11,14,17H,9-10H2,1-4H3. The monoisotopic (exact) mass is 277 g/mol. The van der Waals surface area contributed by atoms with Gasteiger partial charge >= 0.3 is 5.97 Å². The molecular weight excluding hydrogens is 254 g/mol. The molecule has 1 aromatic rings. The zero-order valence-electron chi connectivity index (χ0n) is 12.6. The molecule has 0 aliphatic carbocycles. The summed E-state index contributed by atoms with van der Waals surface area (Å²) in [5.74, 6) is -0.0521. The summed E-state index contributed by atoms with van der Waals surface area (Å²) < 4.78 is 4.66. The number of ether oxygens (including phenoxy) is 1. The molecule has 1 rings (SSSR count). The second-order valence-electron chi connectivity index (χ2n) is 5.37. The van der Waals surface area contributed by atoms with E-state index in [4.69, 9.17) is 0 Å². The molecule has 1 aromatic carbocycles. The van der Waals surface area contributed by atoms with Gasteiger partial charge in [0, 0.05) is 5.56 Å². The van der Waals surface area contributed by atoms with Crippen LogP contribution in [-0.4, -0.2) is 31.4 Å². The quantitative estimate of drug-likeness (QED) is 0.614. The molecule has 0 aromatic heterocycles. The van der Waals surface area contributed by atoms with Crippen molar-refractivity contribution in [1.29, 1.82) is 0 Å². The van der Waals surface area contributed by atoms with E-state index in [1.165, 1.54) is 7.11 Å². The lowest BCUT2D eigenvalue weighted by molar-refractivity contribution is -0.141. The highest BCUT2D eigenvalue weighted by molar-refractivity contribution is 6.01. The van der Waals surface area contributed by atoms with E-state index in [0.29, 0.717) is 18.0 Å². The van der Waals surface area contributed by atoms with E-state index in [9.17, 15) is 9.59 Å². The van der Waals surface area contributed by atoms with Crippen molar-refractivity contribution >= 4 is 11.8 Å². The molecule has 0 heterocycles. The van der Waals surface area contributed by atoms with Crippen LogP contribution in [0.5, 0.6) is 0 Å². The number of esters is 1. The Bertz CT molecular complexity index is 451. The van der Waals surface area contributed by atoms with Crippen LogP contribution in [0.4, 0.5) is 0 Å². The first-order valence-corrected chi connectivity index (χ1v) is 6.85. The van der Waals surface area contributed by atoms with Gasteiger partial charge in [-0.2, -0.15) is 0 Å². The van der Waals surface area contributed by atoms with Gasteiger partial charge in [0.15, 0.2) is 5.78 Å². The SMILES string of the molecule is COC(=O)CC(NCC(C)C)C(=O)c1ccc(C)cc1. The molecule has 0 fully saturated rings. The third-order valence-electron chi connectivity index (χ3n) is 3.02. The molecule has 1 N–H and O–H groups in total. The fourth-order valence-corrected chi connectivity index (χ4v) is 1.80. The second-order valence-corrected chi connectivity index (χ2v) is 5.37. The Balaban J connectivity index is 2.82. The summed E-state index contributed by atoms with van der Waals surface area (Å²) in [7, 11) is 1.33. The molecule has 110 valence electrons. The number of carbonyl (C=O) groups is 2. The molecule has 20 heavy (non-hydrogen) atoms. The van der Waals surface area contributed by atoms with Crippen molar-refractivity contribution in [3.8, 4) is 0 Å². The largest absolute Gasteiger partial charge is 0.469 e. The van der Waals surface area contributed by atoms with Crippen molar-refractivity contribution in [1.82, 2.24) is 5.32 Å². The summed E-state index contributed by atoms with van der Waals surface area (Å²) >= 11 is 0. The predicted octanol–water partition coefficient (Wildman–Crippen LogP) is 2.36. The molecular formula is C16H23NO3. The van der Waals surface area contributed by atoms with Crippen molar-refractivity contribution in [2.45, 2.75) is 33.2 Å². The summed E-state index contributed by atoms with van der Waals surface area (Å²) in [4.78, 5) is 23.9. The van der Waals surface area contributed by atoms with Gasteiger partial charge < -0.3 is 10.1 Å². The fourth-order valence-electron chi connectivity index (χ4n) is 1.80. The third kappa shape index (κ3) is 5.13. The number of ketones is 1. The molecule has 4 heteroatoms. The van der Waals surface area contributed by atoms with Gasteiger partial charge in [0.05, 0.1) is 19.6 Å². The maximum atomic E-state index is 12.4. The van der Waals surface area contributed by atoms with Crippen LogP contribution in [0.3, 0.4) is 0 Å².